The Balaban J connectivity index is 2.10. The molecule has 1 N–H and O–H groups in total. The van der Waals surface area contributed by atoms with Gasteiger partial charge in [0, 0.05) is 38.3 Å². The Labute approximate surface area is 104 Å². The molecule has 0 unspecified atom stereocenters. The molecule has 1 aliphatic rings. The van der Waals surface area contributed by atoms with Gasteiger partial charge in [0.15, 0.2) is 0 Å². The number of amides is 1. The van der Waals surface area contributed by atoms with Crippen molar-refractivity contribution in [2.75, 3.05) is 13.1 Å². The molecule has 1 aromatic rings. The molecule has 90 valence electrons. The summed E-state index contributed by atoms with van der Waals surface area (Å²) in [7, 11) is 0. The van der Waals surface area contributed by atoms with Crippen molar-refractivity contribution in [2.24, 2.45) is 5.16 Å². The fourth-order valence-corrected chi connectivity index (χ4v) is 1.99. The van der Waals surface area contributed by atoms with Crippen LogP contribution in [0, 0.1) is 0 Å². The van der Waals surface area contributed by atoms with Crippen LogP contribution in [0.1, 0.15) is 23.2 Å². The highest BCUT2D eigenvalue weighted by molar-refractivity contribution is 6.33. The number of piperidine rings is 1. The predicted molar refractivity (Wildman–Crippen MR) is 63.6 cm³/mol. The number of likely N-dealkylation sites (tertiary alicyclic amines) is 1. The molecule has 1 aliphatic heterocycles. The molecule has 0 aromatic carbocycles. The van der Waals surface area contributed by atoms with E-state index in [-0.39, 0.29) is 5.91 Å². The molecule has 0 aliphatic carbocycles. The van der Waals surface area contributed by atoms with Crippen LogP contribution in [-0.2, 0) is 0 Å². The summed E-state index contributed by atoms with van der Waals surface area (Å²) in [5, 5.41) is 12.2. The van der Waals surface area contributed by atoms with Crippen LogP contribution in [0.4, 0.5) is 0 Å². The number of carbonyl (C=O) groups is 1. The maximum atomic E-state index is 12.1. The first-order valence-electron chi connectivity index (χ1n) is 5.31. The molecule has 1 saturated heterocycles. The van der Waals surface area contributed by atoms with Crippen LogP contribution in [0.15, 0.2) is 23.6 Å². The summed E-state index contributed by atoms with van der Waals surface area (Å²) in [5.41, 5.74) is 1.20. The number of carbonyl (C=O) groups excluding carboxylic acids is 1. The van der Waals surface area contributed by atoms with E-state index in [2.05, 4.69) is 10.1 Å². The topological polar surface area (TPSA) is 65.8 Å². The van der Waals surface area contributed by atoms with Gasteiger partial charge in [-0.3, -0.25) is 9.78 Å². The molecule has 0 bridgehead atoms. The summed E-state index contributed by atoms with van der Waals surface area (Å²) in [6, 6.07) is 1.61. The zero-order valence-corrected chi connectivity index (χ0v) is 9.89. The van der Waals surface area contributed by atoms with Crippen LogP contribution in [0.25, 0.3) is 0 Å². The van der Waals surface area contributed by atoms with Crippen molar-refractivity contribution in [2.45, 2.75) is 12.8 Å². The van der Waals surface area contributed by atoms with Crippen molar-refractivity contribution >= 4 is 23.2 Å². The average molecular weight is 254 g/mol. The number of pyridine rings is 1. The molecule has 2 rings (SSSR count). The molecule has 0 radical (unpaired) electrons. The van der Waals surface area contributed by atoms with E-state index in [1.54, 1.807) is 17.2 Å². The molecule has 1 aromatic heterocycles. The molecule has 0 saturated carbocycles. The maximum Gasteiger partial charge on any atom is 0.255 e. The minimum atomic E-state index is -0.102. The summed E-state index contributed by atoms with van der Waals surface area (Å²) >= 11 is 5.92. The highest BCUT2D eigenvalue weighted by atomic mass is 35.5. The SMILES string of the molecule is O=C(c1ccncc1Cl)N1CCC(=NO)CC1. The average Bonchev–Trinajstić information content (AvgIpc) is 2.39. The Morgan fingerprint density at radius 1 is 1.47 bits per heavy atom. The minimum absolute atomic E-state index is 0.102. The predicted octanol–water partition coefficient (Wildman–Crippen LogP) is 1.80. The Morgan fingerprint density at radius 2 is 2.18 bits per heavy atom. The molecule has 2 heterocycles. The zero-order chi connectivity index (χ0) is 12.3. The van der Waals surface area contributed by atoms with Crippen LogP contribution in [0.2, 0.25) is 5.02 Å². The number of nitrogens with zero attached hydrogens (tertiary/aromatic N) is 3. The smallest absolute Gasteiger partial charge is 0.255 e. The van der Waals surface area contributed by atoms with Gasteiger partial charge in [0.05, 0.1) is 16.3 Å². The first-order valence-corrected chi connectivity index (χ1v) is 5.68. The van der Waals surface area contributed by atoms with E-state index in [4.69, 9.17) is 16.8 Å². The highest BCUT2D eigenvalue weighted by Gasteiger charge is 2.22. The van der Waals surface area contributed by atoms with Crippen LogP contribution in [-0.4, -0.2) is 39.8 Å². The number of halogens is 1. The molecule has 17 heavy (non-hydrogen) atoms. The molecule has 0 spiro atoms. The lowest BCUT2D eigenvalue weighted by molar-refractivity contribution is 0.0754. The summed E-state index contributed by atoms with van der Waals surface area (Å²) < 4.78 is 0. The Hall–Kier alpha value is -1.62. The Kier molecular flexibility index (Phi) is 3.58. The summed E-state index contributed by atoms with van der Waals surface area (Å²) in [4.78, 5) is 17.7. The van der Waals surface area contributed by atoms with E-state index in [1.165, 1.54) is 6.20 Å². The molecule has 6 heteroatoms. The van der Waals surface area contributed by atoms with Gasteiger partial charge in [-0.15, -0.1) is 0 Å². The second kappa shape index (κ2) is 5.14. The third-order valence-corrected chi connectivity index (χ3v) is 3.07. The second-order valence-electron chi connectivity index (χ2n) is 3.81. The normalized spacial score (nSPS) is 15.8. The second-order valence-corrected chi connectivity index (χ2v) is 4.22. The first kappa shape index (κ1) is 11.9. The van der Waals surface area contributed by atoms with E-state index in [0.717, 1.165) is 5.71 Å². The van der Waals surface area contributed by atoms with Gasteiger partial charge < -0.3 is 10.1 Å². The molecule has 0 atom stereocenters. The van der Waals surface area contributed by atoms with Crippen molar-refractivity contribution in [3.63, 3.8) is 0 Å². The van der Waals surface area contributed by atoms with Crippen LogP contribution in [0.3, 0.4) is 0 Å². The van der Waals surface area contributed by atoms with E-state index >= 15 is 0 Å². The Bertz CT molecular complexity index is 452. The van der Waals surface area contributed by atoms with Crippen LogP contribution >= 0.6 is 11.6 Å². The largest absolute Gasteiger partial charge is 0.411 e. The van der Waals surface area contributed by atoms with Gasteiger partial charge in [-0.2, -0.15) is 0 Å². The molecular weight excluding hydrogens is 242 g/mol. The van der Waals surface area contributed by atoms with Gasteiger partial charge in [0.2, 0.25) is 0 Å². The molecule has 1 fully saturated rings. The van der Waals surface area contributed by atoms with Gasteiger partial charge in [-0.1, -0.05) is 16.8 Å². The van der Waals surface area contributed by atoms with Gasteiger partial charge >= 0.3 is 0 Å². The van der Waals surface area contributed by atoms with E-state index in [0.29, 0.717) is 36.5 Å². The molecule has 1 amide bonds. The van der Waals surface area contributed by atoms with Gasteiger partial charge in [-0.05, 0) is 6.07 Å². The standard InChI is InChI=1S/C11H12ClN3O2/c12-10-7-13-4-1-9(10)11(16)15-5-2-8(14-17)3-6-15/h1,4,7,17H,2-3,5-6H2. The van der Waals surface area contributed by atoms with Gasteiger partial charge in [0.25, 0.3) is 5.91 Å². The Morgan fingerprint density at radius 3 is 2.76 bits per heavy atom. The fourth-order valence-electron chi connectivity index (χ4n) is 1.79. The van der Waals surface area contributed by atoms with Crippen LogP contribution < -0.4 is 0 Å². The van der Waals surface area contributed by atoms with Crippen molar-refractivity contribution in [1.82, 2.24) is 9.88 Å². The number of hydrogen-bond acceptors (Lipinski definition) is 4. The summed E-state index contributed by atoms with van der Waals surface area (Å²) in [6.07, 6.45) is 4.21. The highest BCUT2D eigenvalue weighted by Crippen LogP contribution is 2.18. The lowest BCUT2D eigenvalue weighted by Gasteiger charge is -2.27. The van der Waals surface area contributed by atoms with E-state index < -0.39 is 0 Å². The number of oxime groups is 1. The monoisotopic (exact) mass is 253 g/mol. The maximum absolute atomic E-state index is 12.1. The summed E-state index contributed by atoms with van der Waals surface area (Å²) in [6.45, 7) is 1.10. The summed E-state index contributed by atoms with van der Waals surface area (Å²) in [5.74, 6) is -0.102. The number of aromatic nitrogens is 1. The number of hydrogen-bond donors (Lipinski definition) is 1. The fraction of sp³-hybridized carbons (Fsp3) is 0.364. The van der Waals surface area contributed by atoms with Crippen LogP contribution in [0.5, 0.6) is 0 Å². The third kappa shape index (κ3) is 2.55. The third-order valence-electron chi connectivity index (χ3n) is 2.77. The van der Waals surface area contributed by atoms with E-state index in [1.807, 2.05) is 0 Å². The van der Waals surface area contributed by atoms with Gasteiger partial charge in [-0.25, -0.2) is 0 Å². The van der Waals surface area contributed by atoms with Gasteiger partial charge in [0.1, 0.15) is 0 Å². The van der Waals surface area contributed by atoms with E-state index in [9.17, 15) is 4.79 Å². The van der Waals surface area contributed by atoms with Crippen molar-refractivity contribution in [3.05, 3.63) is 29.0 Å². The first-order chi connectivity index (χ1) is 8.22. The lowest BCUT2D eigenvalue weighted by atomic mass is 10.1. The zero-order valence-electron chi connectivity index (χ0n) is 9.14. The van der Waals surface area contributed by atoms with Crippen molar-refractivity contribution in [3.8, 4) is 0 Å². The molecule has 5 nitrogen and oxygen atoms in total. The lowest BCUT2D eigenvalue weighted by Crippen LogP contribution is -2.38. The number of rotatable bonds is 1. The van der Waals surface area contributed by atoms with Crippen molar-refractivity contribution < 1.29 is 10.0 Å². The quantitative estimate of drug-likeness (QED) is 0.613. The van der Waals surface area contributed by atoms with Crippen molar-refractivity contribution in [1.29, 1.82) is 0 Å². The minimum Gasteiger partial charge on any atom is -0.411 e. The molecular formula is C11H12ClN3O2.